The molecule has 98 valence electrons. The van der Waals surface area contributed by atoms with Crippen LogP contribution in [0.1, 0.15) is 38.2 Å². The zero-order chi connectivity index (χ0) is 12.8. The number of Topliss-reactive ketones (excluding diaryl/α,β-unsaturated/α-hetero) is 1. The third-order valence-corrected chi connectivity index (χ3v) is 3.76. The standard InChI is InChI=1S/C16H23NO/c1-14(18)9-10-16-8-5-11-17(13-16)12-15-6-3-2-4-7-15/h2-4,6-7,16H,5,8-13H2,1H3. The van der Waals surface area contributed by atoms with Crippen LogP contribution in [0.2, 0.25) is 0 Å². The van der Waals surface area contributed by atoms with Crippen molar-refractivity contribution >= 4 is 5.78 Å². The molecule has 1 aromatic carbocycles. The van der Waals surface area contributed by atoms with E-state index >= 15 is 0 Å². The molecule has 0 N–H and O–H groups in total. The van der Waals surface area contributed by atoms with Gasteiger partial charge in [-0.3, -0.25) is 4.90 Å². The van der Waals surface area contributed by atoms with Gasteiger partial charge in [-0.1, -0.05) is 30.3 Å². The first-order chi connectivity index (χ1) is 8.74. The molecule has 2 nitrogen and oxygen atoms in total. The SMILES string of the molecule is CC(=O)CCC1CCCN(Cc2ccccc2)C1. The molecular weight excluding hydrogens is 222 g/mol. The van der Waals surface area contributed by atoms with Gasteiger partial charge in [0, 0.05) is 19.5 Å². The molecule has 1 atom stereocenters. The minimum absolute atomic E-state index is 0.329. The number of likely N-dealkylation sites (tertiary alicyclic amines) is 1. The maximum atomic E-state index is 11.0. The Bertz CT molecular complexity index is 374. The van der Waals surface area contributed by atoms with Crippen LogP contribution in [0, 0.1) is 5.92 Å². The Labute approximate surface area is 110 Å². The summed E-state index contributed by atoms with van der Waals surface area (Å²) in [6.07, 6.45) is 4.39. The number of hydrogen-bond acceptors (Lipinski definition) is 2. The van der Waals surface area contributed by atoms with E-state index in [-0.39, 0.29) is 0 Å². The van der Waals surface area contributed by atoms with E-state index in [1.54, 1.807) is 6.92 Å². The topological polar surface area (TPSA) is 20.3 Å². The van der Waals surface area contributed by atoms with Crippen molar-refractivity contribution in [1.82, 2.24) is 4.90 Å². The molecule has 0 bridgehead atoms. The van der Waals surface area contributed by atoms with Crippen molar-refractivity contribution in [1.29, 1.82) is 0 Å². The third-order valence-electron chi connectivity index (χ3n) is 3.76. The molecule has 0 amide bonds. The Balaban J connectivity index is 1.81. The molecule has 1 heterocycles. The van der Waals surface area contributed by atoms with Gasteiger partial charge in [-0.15, -0.1) is 0 Å². The highest BCUT2D eigenvalue weighted by Gasteiger charge is 2.19. The van der Waals surface area contributed by atoms with Crippen LogP contribution >= 0.6 is 0 Å². The molecule has 1 fully saturated rings. The molecule has 1 saturated heterocycles. The first kappa shape index (κ1) is 13.3. The van der Waals surface area contributed by atoms with Gasteiger partial charge in [0.2, 0.25) is 0 Å². The van der Waals surface area contributed by atoms with E-state index in [2.05, 4.69) is 35.2 Å². The van der Waals surface area contributed by atoms with Gasteiger partial charge in [-0.25, -0.2) is 0 Å². The summed E-state index contributed by atoms with van der Waals surface area (Å²) in [6.45, 7) is 5.11. The lowest BCUT2D eigenvalue weighted by Crippen LogP contribution is -2.35. The van der Waals surface area contributed by atoms with E-state index in [0.29, 0.717) is 11.7 Å². The van der Waals surface area contributed by atoms with Crippen molar-refractivity contribution in [3.05, 3.63) is 35.9 Å². The molecule has 0 spiro atoms. The molecule has 2 rings (SSSR count). The zero-order valence-corrected chi connectivity index (χ0v) is 11.3. The van der Waals surface area contributed by atoms with Crippen LogP contribution in [0.3, 0.4) is 0 Å². The van der Waals surface area contributed by atoms with Gasteiger partial charge in [0.15, 0.2) is 0 Å². The van der Waals surface area contributed by atoms with Gasteiger partial charge < -0.3 is 4.79 Å². The number of benzene rings is 1. The van der Waals surface area contributed by atoms with Crippen LogP contribution in [0.4, 0.5) is 0 Å². The number of carbonyl (C=O) groups excluding carboxylic acids is 1. The molecule has 1 aromatic rings. The highest BCUT2D eigenvalue weighted by atomic mass is 16.1. The van der Waals surface area contributed by atoms with Crippen molar-refractivity contribution in [3.63, 3.8) is 0 Å². The fourth-order valence-electron chi connectivity index (χ4n) is 2.78. The summed E-state index contributed by atoms with van der Waals surface area (Å²) < 4.78 is 0. The number of ketones is 1. The van der Waals surface area contributed by atoms with Crippen LogP contribution in [0.5, 0.6) is 0 Å². The summed E-state index contributed by atoms with van der Waals surface area (Å²) >= 11 is 0. The second kappa shape index (κ2) is 6.69. The van der Waals surface area contributed by atoms with Crippen molar-refractivity contribution in [2.24, 2.45) is 5.92 Å². The summed E-state index contributed by atoms with van der Waals surface area (Å²) in [6, 6.07) is 10.7. The lowest BCUT2D eigenvalue weighted by molar-refractivity contribution is -0.117. The highest BCUT2D eigenvalue weighted by molar-refractivity contribution is 5.75. The average Bonchev–Trinajstić information content (AvgIpc) is 2.38. The van der Waals surface area contributed by atoms with Gasteiger partial charge in [0.05, 0.1) is 0 Å². The Hall–Kier alpha value is -1.15. The largest absolute Gasteiger partial charge is 0.300 e. The van der Waals surface area contributed by atoms with Gasteiger partial charge in [0.25, 0.3) is 0 Å². The van der Waals surface area contributed by atoms with Gasteiger partial charge >= 0.3 is 0 Å². The second-order valence-corrected chi connectivity index (χ2v) is 5.47. The number of hydrogen-bond donors (Lipinski definition) is 0. The first-order valence-corrected chi connectivity index (χ1v) is 7.00. The minimum Gasteiger partial charge on any atom is -0.300 e. The van der Waals surface area contributed by atoms with Crippen molar-refractivity contribution in [2.45, 2.75) is 39.2 Å². The fraction of sp³-hybridized carbons (Fsp3) is 0.562. The van der Waals surface area contributed by atoms with Crippen molar-refractivity contribution < 1.29 is 4.79 Å². The van der Waals surface area contributed by atoms with Crippen LogP contribution in [-0.4, -0.2) is 23.8 Å². The molecule has 0 radical (unpaired) electrons. The molecule has 2 heteroatoms. The normalized spacial score (nSPS) is 20.8. The van der Waals surface area contributed by atoms with E-state index in [4.69, 9.17) is 0 Å². The Morgan fingerprint density at radius 1 is 1.33 bits per heavy atom. The Morgan fingerprint density at radius 3 is 2.83 bits per heavy atom. The number of piperidine rings is 1. The predicted molar refractivity (Wildman–Crippen MR) is 74.4 cm³/mol. The van der Waals surface area contributed by atoms with Gasteiger partial charge in [-0.05, 0) is 44.2 Å². The molecular formula is C16H23NO. The van der Waals surface area contributed by atoms with E-state index < -0.39 is 0 Å². The van der Waals surface area contributed by atoms with Crippen molar-refractivity contribution in [3.8, 4) is 0 Å². The lowest BCUT2D eigenvalue weighted by Gasteiger charge is -2.32. The van der Waals surface area contributed by atoms with Gasteiger partial charge in [0.1, 0.15) is 5.78 Å². The van der Waals surface area contributed by atoms with Crippen LogP contribution in [0.25, 0.3) is 0 Å². The van der Waals surface area contributed by atoms with Crippen LogP contribution in [-0.2, 0) is 11.3 Å². The van der Waals surface area contributed by atoms with Gasteiger partial charge in [-0.2, -0.15) is 0 Å². The maximum Gasteiger partial charge on any atom is 0.129 e. The summed E-state index contributed by atoms with van der Waals surface area (Å²) in [5.74, 6) is 1.04. The quantitative estimate of drug-likeness (QED) is 0.793. The monoisotopic (exact) mass is 245 g/mol. The molecule has 1 aliphatic rings. The second-order valence-electron chi connectivity index (χ2n) is 5.47. The minimum atomic E-state index is 0.329. The lowest BCUT2D eigenvalue weighted by atomic mass is 9.92. The Morgan fingerprint density at radius 2 is 2.11 bits per heavy atom. The molecule has 1 aliphatic heterocycles. The van der Waals surface area contributed by atoms with E-state index in [0.717, 1.165) is 25.9 Å². The molecule has 0 aliphatic carbocycles. The molecule has 0 saturated carbocycles. The summed E-state index contributed by atoms with van der Waals surface area (Å²) in [4.78, 5) is 13.6. The smallest absolute Gasteiger partial charge is 0.129 e. The summed E-state index contributed by atoms with van der Waals surface area (Å²) in [7, 11) is 0. The zero-order valence-electron chi connectivity index (χ0n) is 11.3. The van der Waals surface area contributed by atoms with Crippen LogP contribution < -0.4 is 0 Å². The fourth-order valence-corrected chi connectivity index (χ4v) is 2.78. The van der Waals surface area contributed by atoms with Crippen molar-refractivity contribution in [2.75, 3.05) is 13.1 Å². The van der Waals surface area contributed by atoms with E-state index in [9.17, 15) is 4.79 Å². The Kier molecular flexibility index (Phi) is 4.94. The maximum absolute atomic E-state index is 11.0. The van der Waals surface area contributed by atoms with E-state index in [1.165, 1.54) is 24.9 Å². The molecule has 0 aromatic heterocycles. The van der Waals surface area contributed by atoms with E-state index in [1.807, 2.05) is 0 Å². The number of carbonyl (C=O) groups is 1. The third kappa shape index (κ3) is 4.26. The number of nitrogens with zero attached hydrogens (tertiary/aromatic N) is 1. The van der Waals surface area contributed by atoms with Crippen LogP contribution in [0.15, 0.2) is 30.3 Å². The molecule has 18 heavy (non-hydrogen) atoms. The first-order valence-electron chi connectivity index (χ1n) is 7.00. The summed E-state index contributed by atoms with van der Waals surface area (Å²) in [5.41, 5.74) is 1.39. The highest BCUT2D eigenvalue weighted by Crippen LogP contribution is 2.22. The molecule has 1 unspecified atom stereocenters. The summed E-state index contributed by atoms with van der Waals surface area (Å²) in [5, 5.41) is 0. The predicted octanol–water partition coefficient (Wildman–Crippen LogP) is 3.27. The number of rotatable bonds is 5. The average molecular weight is 245 g/mol.